The van der Waals surface area contributed by atoms with Gasteiger partial charge in [-0.3, -0.25) is 0 Å². The van der Waals surface area contributed by atoms with Crippen molar-refractivity contribution in [2.45, 2.75) is 0 Å². The summed E-state index contributed by atoms with van der Waals surface area (Å²) in [6.07, 6.45) is 0. The molecule has 0 atom stereocenters. The van der Waals surface area contributed by atoms with E-state index in [9.17, 15) is 0 Å². The summed E-state index contributed by atoms with van der Waals surface area (Å²) in [5.74, 6) is 0. The molecule has 4 heteroatoms. The van der Waals surface area contributed by atoms with Gasteiger partial charge in [0.1, 0.15) is 6.63 Å². The van der Waals surface area contributed by atoms with Gasteiger partial charge in [0.25, 0.3) is 0 Å². The van der Waals surface area contributed by atoms with Gasteiger partial charge in [0.15, 0.2) is 0 Å². The molecule has 0 N–H and O–H groups in total. The van der Waals surface area contributed by atoms with E-state index in [1.165, 1.54) is 0 Å². The maximum absolute atomic E-state index is 5.63. The van der Waals surface area contributed by atoms with E-state index in [4.69, 9.17) is 22.5 Å². The van der Waals surface area contributed by atoms with E-state index in [2.05, 4.69) is 0 Å². The maximum atomic E-state index is 5.63. The fourth-order valence-corrected chi connectivity index (χ4v) is 1.61. The molecule has 0 unspecified atom stereocenters. The molecule has 49 valence electrons. The molecule has 1 aromatic rings. The van der Waals surface area contributed by atoms with Crippen LogP contribution in [0.2, 0.25) is 0 Å². The molecule has 0 nitrogen and oxygen atoms in total. The van der Waals surface area contributed by atoms with Gasteiger partial charge >= 0.3 is 0 Å². The Labute approximate surface area is 93.5 Å². The minimum atomic E-state index is -0.951. The van der Waals surface area contributed by atoms with Gasteiger partial charge in [-0.2, -0.15) is 0 Å². The minimum absolute atomic E-state index is 0. The summed E-state index contributed by atoms with van der Waals surface area (Å²) in [5, 5.41) is 1.01. The monoisotopic (exact) mass is 201 g/mol. The Bertz CT molecular complexity index is 178. The number of hydrogen-bond donors (Lipinski definition) is 0. The standard InChI is InChI=1S/C6H5Cl2P.Na/c7-9(8)6-4-2-1-3-5-6;/h1-5H;. The van der Waals surface area contributed by atoms with E-state index >= 15 is 0 Å². The van der Waals surface area contributed by atoms with Crippen molar-refractivity contribution in [1.82, 2.24) is 0 Å². The minimum Gasteiger partial charge on any atom is -0.0727 e. The van der Waals surface area contributed by atoms with Crippen LogP contribution >= 0.6 is 29.1 Å². The topological polar surface area (TPSA) is 0 Å². The summed E-state index contributed by atoms with van der Waals surface area (Å²) in [5.41, 5.74) is 0. The van der Waals surface area contributed by atoms with Gasteiger partial charge < -0.3 is 0 Å². The molecule has 1 rings (SSSR count). The molecule has 0 bridgehead atoms. The summed E-state index contributed by atoms with van der Waals surface area (Å²) in [7, 11) is 0. The summed E-state index contributed by atoms with van der Waals surface area (Å²) >= 11 is 11.3. The van der Waals surface area contributed by atoms with Crippen molar-refractivity contribution >= 4 is 64.0 Å². The molecular formula is C6H5Cl2NaP. The molecule has 1 radical (unpaired) electrons. The van der Waals surface area contributed by atoms with Crippen molar-refractivity contribution in [2.75, 3.05) is 0 Å². The van der Waals surface area contributed by atoms with E-state index in [0.29, 0.717) is 0 Å². The average Bonchev–Trinajstić information content (AvgIpc) is 1.90. The predicted molar refractivity (Wildman–Crippen MR) is 50.5 cm³/mol. The quantitative estimate of drug-likeness (QED) is 0.485. The van der Waals surface area contributed by atoms with Crippen LogP contribution in [0.4, 0.5) is 0 Å². The van der Waals surface area contributed by atoms with E-state index in [1.54, 1.807) is 0 Å². The zero-order chi connectivity index (χ0) is 6.69. The molecule has 0 saturated carbocycles. The van der Waals surface area contributed by atoms with E-state index in [1.807, 2.05) is 30.3 Å². The molecule has 0 fully saturated rings. The number of benzene rings is 1. The van der Waals surface area contributed by atoms with Gasteiger partial charge in [-0.15, -0.1) is 0 Å². The third-order valence-corrected chi connectivity index (χ3v) is 2.81. The Morgan fingerprint density at radius 2 is 1.50 bits per heavy atom. The predicted octanol–water partition coefficient (Wildman–Crippen LogP) is 2.72. The van der Waals surface area contributed by atoms with Crippen LogP contribution in [-0.2, 0) is 0 Å². The van der Waals surface area contributed by atoms with Crippen LogP contribution in [0, 0.1) is 0 Å². The average molecular weight is 202 g/mol. The van der Waals surface area contributed by atoms with E-state index in [0.717, 1.165) is 5.30 Å². The van der Waals surface area contributed by atoms with Gasteiger partial charge in [-0.05, 0) is 0 Å². The van der Waals surface area contributed by atoms with Crippen molar-refractivity contribution in [2.24, 2.45) is 0 Å². The molecule has 0 amide bonds. The molecular weight excluding hydrogens is 197 g/mol. The molecule has 0 heterocycles. The van der Waals surface area contributed by atoms with Crippen molar-refractivity contribution < 1.29 is 0 Å². The maximum Gasteiger partial charge on any atom is 0.116 e. The number of rotatable bonds is 1. The largest absolute Gasteiger partial charge is 0.116 e. The molecule has 0 aromatic heterocycles. The summed E-state index contributed by atoms with van der Waals surface area (Å²) < 4.78 is 0. The SMILES string of the molecule is ClP(Cl)c1ccccc1.[Na]. The summed E-state index contributed by atoms with van der Waals surface area (Å²) in [6, 6.07) is 9.64. The second kappa shape index (κ2) is 5.83. The summed E-state index contributed by atoms with van der Waals surface area (Å²) in [6.45, 7) is -0.951. The first-order valence-electron chi connectivity index (χ1n) is 2.47. The Balaban J connectivity index is 0.000000810. The second-order valence-electron chi connectivity index (χ2n) is 1.57. The van der Waals surface area contributed by atoms with Crippen LogP contribution < -0.4 is 5.30 Å². The van der Waals surface area contributed by atoms with E-state index in [-0.39, 0.29) is 29.6 Å². The fraction of sp³-hybridized carbons (Fsp3) is 0. The van der Waals surface area contributed by atoms with Crippen LogP contribution in [-0.4, -0.2) is 29.6 Å². The van der Waals surface area contributed by atoms with Crippen LogP contribution in [0.5, 0.6) is 0 Å². The number of halogens is 2. The van der Waals surface area contributed by atoms with Gasteiger partial charge in [0.05, 0.1) is 0 Å². The molecule has 0 spiro atoms. The second-order valence-corrected chi connectivity index (χ2v) is 5.10. The molecule has 0 aliphatic carbocycles. The molecule has 10 heavy (non-hydrogen) atoms. The molecule has 0 saturated heterocycles. The van der Waals surface area contributed by atoms with Crippen molar-refractivity contribution in [3.05, 3.63) is 30.3 Å². The van der Waals surface area contributed by atoms with Crippen molar-refractivity contribution in [1.29, 1.82) is 0 Å². The van der Waals surface area contributed by atoms with Gasteiger partial charge in [-0.25, -0.2) is 0 Å². The smallest absolute Gasteiger partial charge is 0.0727 e. The van der Waals surface area contributed by atoms with Crippen LogP contribution in [0.1, 0.15) is 0 Å². The number of hydrogen-bond acceptors (Lipinski definition) is 0. The third-order valence-electron chi connectivity index (χ3n) is 0.951. The van der Waals surface area contributed by atoms with Crippen molar-refractivity contribution in [3.63, 3.8) is 0 Å². The van der Waals surface area contributed by atoms with Gasteiger partial charge in [-0.1, -0.05) is 52.8 Å². The first-order valence-corrected chi connectivity index (χ1v) is 5.62. The Morgan fingerprint density at radius 3 is 1.80 bits per heavy atom. The van der Waals surface area contributed by atoms with Crippen LogP contribution in [0.15, 0.2) is 30.3 Å². The molecule has 0 aliphatic rings. The van der Waals surface area contributed by atoms with E-state index < -0.39 is 6.63 Å². The van der Waals surface area contributed by atoms with Crippen LogP contribution in [0.3, 0.4) is 0 Å². The molecule has 1 aromatic carbocycles. The van der Waals surface area contributed by atoms with Crippen molar-refractivity contribution in [3.8, 4) is 0 Å². The zero-order valence-electron chi connectivity index (χ0n) is 5.59. The van der Waals surface area contributed by atoms with Gasteiger partial charge in [0, 0.05) is 34.9 Å². The molecule has 0 aliphatic heterocycles. The Hall–Kier alpha value is 1.23. The van der Waals surface area contributed by atoms with Crippen LogP contribution in [0.25, 0.3) is 0 Å². The third kappa shape index (κ3) is 3.57. The first kappa shape index (κ1) is 11.2. The first-order chi connectivity index (χ1) is 4.30. The Morgan fingerprint density at radius 1 is 1.00 bits per heavy atom. The fourth-order valence-electron chi connectivity index (χ4n) is 0.541. The Kier molecular flexibility index (Phi) is 6.54. The normalized spacial score (nSPS) is 9.10. The summed E-state index contributed by atoms with van der Waals surface area (Å²) in [4.78, 5) is 0. The zero-order valence-corrected chi connectivity index (χ0v) is 10.00. The van der Waals surface area contributed by atoms with Gasteiger partial charge in [0.2, 0.25) is 0 Å².